The van der Waals surface area contributed by atoms with Gasteiger partial charge in [0.25, 0.3) is 5.91 Å². The largest absolute Gasteiger partial charge is 0.472 e. The van der Waals surface area contributed by atoms with E-state index in [0.717, 1.165) is 12.1 Å². The number of hydrogen-bond acceptors (Lipinski definition) is 4. The Balaban J connectivity index is 1.80. The number of carbonyl (C=O) groups is 1. The van der Waals surface area contributed by atoms with Crippen molar-refractivity contribution in [2.45, 2.75) is 12.5 Å². The van der Waals surface area contributed by atoms with Gasteiger partial charge in [0.05, 0.1) is 13.2 Å². The molecule has 5 heteroatoms. The van der Waals surface area contributed by atoms with Gasteiger partial charge in [0.1, 0.15) is 6.10 Å². The lowest BCUT2D eigenvalue weighted by atomic mass is 10.2. The van der Waals surface area contributed by atoms with Crippen molar-refractivity contribution in [3.63, 3.8) is 0 Å². The molecule has 1 atom stereocenters. The molecule has 24 heavy (non-hydrogen) atoms. The molecule has 1 aliphatic rings. The Kier molecular flexibility index (Phi) is 5.23. The van der Waals surface area contributed by atoms with Gasteiger partial charge in [-0.05, 0) is 18.2 Å². The van der Waals surface area contributed by atoms with Gasteiger partial charge in [-0.2, -0.15) is 0 Å². The van der Waals surface area contributed by atoms with Crippen LogP contribution in [0.5, 0.6) is 5.88 Å². The molecule has 0 radical (unpaired) electrons. The predicted octanol–water partition coefficient (Wildman–Crippen LogP) is 3.08. The maximum absolute atomic E-state index is 12.9. The lowest BCUT2D eigenvalue weighted by Crippen LogP contribution is -2.31. The third-order valence-electron chi connectivity index (χ3n) is 3.78. The van der Waals surface area contributed by atoms with E-state index in [0.29, 0.717) is 31.2 Å². The van der Waals surface area contributed by atoms with Crippen molar-refractivity contribution in [1.82, 2.24) is 4.98 Å². The van der Waals surface area contributed by atoms with Crippen LogP contribution in [0.2, 0.25) is 0 Å². The van der Waals surface area contributed by atoms with Crippen LogP contribution >= 0.6 is 0 Å². The number of amides is 1. The van der Waals surface area contributed by atoms with Gasteiger partial charge in [-0.3, -0.25) is 4.79 Å². The van der Waals surface area contributed by atoms with Gasteiger partial charge in [0.15, 0.2) is 0 Å². The smallest absolute Gasteiger partial charge is 0.258 e. The molecule has 1 unspecified atom stereocenters. The summed E-state index contributed by atoms with van der Waals surface area (Å²) in [5, 5.41) is 0. The van der Waals surface area contributed by atoms with E-state index in [9.17, 15) is 4.79 Å². The first-order chi connectivity index (χ1) is 11.8. The van der Waals surface area contributed by atoms with Crippen LogP contribution in [0.4, 0.5) is 5.69 Å². The molecule has 0 saturated carbocycles. The third kappa shape index (κ3) is 3.81. The first kappa shape index (κ1) is 16.2. The second-order valence-electron chi connectivity index (χ2n) is 5.53. The standard InChI is InChI=1S/C19H20N2O3/c1-2-11-21(16-6-4-3-5-7-16)19(22)15-8-10-20-18(13-15)24-17-9-12-23-14-17/h2-8,10,13,17H,1,9,11-12,14H2. The van der Waals surface area contributed by atoms with Crippen molar-refractivity contribution < 1.29 is 14.3 Å². The van der Waals surface area contributed by atoms with Crippen molar-refractivity contribution in [3.8, 4) is 5.88 Å². The minimum absolute atomic E-state index is 0.00116. The summed E-state index contributed by atoms with van der Waals surface area (Å²) in [4.78, 5) is 18.8. The van der Waals surface area contributed by atoms with E-state index in [1.807, 2.05) is 30.3 Å². The maximum Gasteiger partial charge on any atom is 0.258 e. The predicted molar refractivity (Wildman–Crippen MR) is 92.4 cm³/mol. The number of nitrogens with zero attached hydrogens (tertiary/aromatic N) is 2. The van der Waals surface area contributed by atoms with Crippen LogP contribution in [-0.4, -0.2) is 36.8 Å². The molecule has 0 aliphatic carbocycles. The highest BCUT2D eigenvalue weighted by atomic mass is 16.5. The molecule has 0 spiro atoms. The summed E-state index contributed by atoms with van der Waals surface area (Å²) < 4.78 is 11.1. The van der Waals surface area contributed by atoms with Crippen molar-refractivity contribution in [3.05, 3.63) is 66.9 Å². The zero-order chi connectivity index (χ0) is 16.8. The van der Waals surface area contributed by atoms with Crippen LogP contribution in [0.1, 0.15) is 16.8 Å². The Morgan fingerprint density at radius 3 is 2.92 bits per heavy atom. The van der Waals surface area contributed by atoms with Crippen LogP contribution in [0.15, 0.2) is 61.3 Å². The zero-order valence-electron chi connectivity index (χ0n) is 13.4. The molecule has 1 amide bonds. The average Bonchev–Trinajstić information content (AvgIpc) is 3.13. The van der Waals surface area contributed by atoms with E-state index < -0.39 is 0 Å². The molecule has 1 aromatic heterocycles. The molecule has 2 heterocycles. The number of pyridine rings is 1. The fraction of sp³-hybridized carbons (Fsp3) is 0.263. The van der Waals surface area contributed by atoms with Gasteiger partial charge in [0, 0.05) is 36.5 Å². The maximum atomic E-state index is 12.9. The number of aromatic nitrogens is 1. The number of anilines is 1. The van der Waals surface area contributed by atoms with E-state index >= 15 is 0 Å². The Labute approximate surface area is 141 Å². The lowest BCUT2D eigenvalue weighted by Gasteiger charge is -2.21. The van der Waals surface area contributed by atoms with Crippen LogP contribution in [0.25, 0.3) is 0 Å². The van der Waals surface area contributed by atoms with E-state index in [4.69, 9.17) is 9.47 Å². The van der Waals surface area contributed by atoms with Gasteiger partial charge < -0.3 is 14.4 Å². The molecule has 124 valence electrons. The normalized spacial score (nSPS) is 16.6. The summed E-state index contributed by atoms with van der Waals surface area (Å²) in [6.07, 6.45) is 4.14. The Morgan fingerprint density at radius 2 is 2.21 bits per heavy atom. The highest BCUT2D eigenvalue weighted by molar-refractivity contribution is 6.06. The third-order valence-corrected chi connectivity index (χ3v) is 3.78. The fourth-order valence-corrected chi connectivity index (χ4v) is 2.58. The summed E-state index contributed by atoms with van der Waals surface area (Å²) in [5.74, 6) is 0.332. The minimum Gasteiger partial charge on any atom is -0.472 e. The summed E-state index contributed by atoms with van der Waals surface area (Å²) in [6.45, 7) is 5.43. The quantitative estimate of drug-likeness (QED) is 0.766. The van der Waals surface area contributed by atoms with Gasteiger partial charge >= 0.3 is 0 Å². The van der Waals surface area contributed by atoms with Crippen molar-refractivity contribution in [2.75, 3.05) is 24.7 Å². The minimum atomic E-state index is -0.115. The molecule has 1 aliphatic heterocycles. The monoisotopic (exact) mass is 324 g/mol. The summed E-state index contributed by atoms with van der Waals surface area (Å²) >= 11 is 0. The van der Waals surface area contributed by atoms with Crippen molar-refractivity contribution in [1.29, 1.82) is 0 Å². The van der Waals surface area contributed by atoms with Gasteiger partial charge in [-0.1, -0.05) is 24.3 Å². The van der Waals surface area contributed by atoms with Crippen LogP contribution in [0.3, 0.4) is 0 Å². The molecular weight excluding hydrogens is 304 g/mol. The molecule has 3 rings (SSSR count). The molecule has 5 nitrogen and oxygen atoms in total. The summed E-state index contributed by atoms with van der Waals surface area (Å²) in [5.41, 5.74) is 1.36. The zero-order valence-corrected chi connectivity index (χ0v) is 13.4. The number of para-hydroxylation sites is 1. The second-order valence-corrected chi connectivity index (χ2v) is 5.53. The van der Waals surface area contributed by atoms with Crippen molar-refractivity contribution >= 4 is 11.6 Å². The molecule has 0 N–H and O–H groups in total. The molecule has 1 fully saturated rings. The fourth-order valence-electron chi connectivity index (χ4n) is 2.58. The highest BCUT2D eigenvalue weighted by Gasteiger charge is 2.20. The van der Waals surface area contributed by atoms with E-state index in [-0.39, 0.29) is 12.0 Å². The van der Waals surface area contributed by atoms with Gasteiger partial charge in [-0.25, -0.2) is 4.98 Å². The van der Waals surface area contributed by atoms with E-state index in [1.54, 1.807) is 29.3 Å². The molecule has 1 aromatic carbocycles. The molecule has 0 bridgehead atoms. The van der Waals surface area contributed by atoms with E-state index in [1.165, 1.54) is 0 Å². The van der Waals surface area contributed by atoms with Crippen molar-refractivity contribution in [2.24, 2.45) is 0 Å². The number of carbonyl (C=O) groups excluding carboxylic acids is 1. The lowest BCUT2D eigenvalue weighted by molar-refractivity contribution is 0.0988. The van der Waals surface area contributed by atoms with E-state index in [2.05, 4.69) is 11.6 Å². The second kappa shape index (κ2) is 7.75. The van der Waals surface area contributed by atoms with Crippen LogP contribution in [-0.2, 0) is 4.74 Å². The van der Waals surface area contributed by atoms with Crippen LogP contribution in [0, 0.1) is 0 Å². The number of hydrogen-bond donors (Lipinski definition) is 0. The Hall–Kier alpha value is -2.66. The first-order valence-electron chi connectivity index (χ1n) is 7.96. The summed E-state index contributed by atoms with van der Waals surface area (Å²) in [7, 11) is 0. The Morgan fingerprint density at radius 1 is 1.38 bits per heavy atom. The molecule has 1 saturated heterocycles. The average molecular weight is 324 g/mol. The van der Waals surface area contributed by atoms with Gasteiger partial charge in [-0.15, -0.1) is 6.58 Å². The molecular formula is C19H20N2O3. The highest BCUT2D eigenvalue weighted by Crippen LogP contribution is 2.20. The number of ether oxygens (including phenoxy) is 2. The SMILES string of the molecule is C=CCN(C(=O)c1ccnc(OC2CCOC2)c1)c1ccccc1. The molecule has 2 aromatic rings. The first-order valence-corrected chi connectivity index (χ1v) is 7.96. The van der Waals surface area contributed by atoms with Crippen LogP contribution < -0.4 is 9.64 Å². The number of benzene rings is 1. The van der Waals surface area contributed by atoms with Gasteiger partial charge in [0.2, 0.25) is 5.88 Å². The topological polar surface area (TPSA) is 51.7 Å². The Bertz CT molecular complexity index is 697. The summed E-state index contributed by atoms with van der Waals surface area (Å²) in [6, 6.07) is 12.9. The number of rotatable bonds is 6.